The SMILES string of the molecule is COc1cccc(Cn2cc(-c3cccc(NC4CCCC4C)c3)nn2)c1. The highest BCUT2D eigenvalue weighted by molar-refractivity contribution is 5.64. The molecule has 1 heterocycles. The fourth-order valence-electron chi connectivity index (χ4n) is 3.81. The van der Waals surface area contributed by atoms with Gasteiger partial charge in [0.15, 0.2) is 0 Å². The summed E-state index contributed by atoms with van der Waals surface area (Å²) in [7, 11) is 1.68. The van der Waals surface area contributed by atoms with Gasteiger partial charge in [0.05, 0.1) is 19.9 Å². The van der Waals surface area contributed by atoms with Gasteiger partial charge in [-0.05, 0) is 48.6 Å². The lowest BCUT2D eigenvalue weighted by Crippen LogP contribution is -2.21. The molecule has 5 heteroatoms. The number of rotatable bonds is 6. The van der Waals surface area contributed by atoms with Crippen molar-refractivity contribution in [1.29, 1.82) is 0 Å². The lowest BCUT2D eigenvalue weighted by molar-refractivity contribution is 0.414. The summed E-state index contributed by atoms with van der Waals surface area (Å²) in [6.07, 6.45) is 5.88. The molecule has 3 aromatic rings. The molecule has 1 aromatic heterocycles. The van der Waals surface area contributed by atoms with E-state index in [9.17, 15) is 0 Å². The molecule has 1 saturated carbocycles. The summed E-state index contributed by atoms with van der Waals surface area (Å²) in [5.74, 6) is 1.59. The number of methoxy groups -OCH3 is 1. The third-order valence-electron chi connectivity index (χ3n) is 5.39. The second kappa shape index (κ2) is 7.82. The third kappa shape index (κ3) is 4.13. The first-order chi connectivity index (χ1) is 13.2. The minimum absolute atomic E-state index is 0.573. The maximum atomic E-state index is 5.29. The van der Waals surface area contributed by atoms with Gasteiger partial charge in [-0.3, -0.25) is 0 Å². The summed E-state index contributed by atoms with van der Waals surface area (Å²) in [6.45, 7) is 3.00. The number of nitrogens with one attached hydrogen (secondary N) is 1. The molecule has 0 saturated heterocycles. The van der Waals surface area contributed by atoms with Crippen LogP contribution in [0.3, 0.4) is 0 Å². The first-order valence-electron chi connectivity index (χ1n) is 9.61. The van der Waals surface area contributed by atoms with E-state index in [4.69, 9.17) is 4.74 Å². The Kier molecular flexibility index (Phi) is 5.10. The molecular weight excluding hydrogens is 336 g/mol. The van der Waals surface area contributed by atoms with Crippen molar-refractivity contribution in [1.82, 2.24) is 15.0 Å². The average Bonchev–Trinajstić information content (AvgIpc) is 3.32. The Bertz CT molecular complexity index is 905. The number of benzene rings is 2. The van der Waals surface area contributed by atoms with Gasteiger partial charge >= 0.3 is 0 Å². The Morgan fingerprint density at radius 1 is 1.15 bits per heavy atom. The molecule has 4 rings (SSSR count). The van der Waals surface area contributed by atoms with Gasteiger partial charge in [-0.1, -0.05) is 42.8 Å². The molecule has 0 aliphatic heterocycles. The molecular formula is C22H26N4O. The fraction of sp³-hybridized carbons (Fsp3) is 0.364. The van der Waals surface area contributed by atoms with Gasteiger partial charge in [-0.2, -0.15) is 0 Å². The van der Waals surface area contributed by atoms with E-state index < -0.39 is 0 Å². The zero-order chi connectivity index (χ0) is 18.6. The molecule has 2 atom stereocenters. The molecule has 0 radical (unpaired) electrons. The molecule has 5 nitrogen and oxygen atoms in total. The predicted molar refractivity (Wildman–Crippen MR) is 108 cm³/mol. The first kappa shape index (κ1) is 17.6. The molecule has 2 unspecified atom stereocenters. The highest BCUT2D eigenvalue weighted by Crippen LogP contribution is 2.29. The Balaban J connectivity index is 1.48. The van der Waals surface area contributed by atoms with Crippen LogP contribution in [0.25, 0.3) is 11.3 Å². The van der Waals surface area contributed by atoms with Gasteiger partial charge in [-0.25, -0.2) is 4.68 Å². The standard InChI is InChI=1S/C22H26N4O/c1-16-6-3-11-21(16)23-19-9-5-8-18(13-19)22-15-26(25-24-22)14-17-7-4-10-20(12-17)27-2/h4-5,7-10,12-13,15-16,21,23H,3,6,11,14H2,1-2H3. The monoisotopic (exact) mass is 362 g/mol. The Labute approximate surface area is 160 Å². The second-order valence-corrected chi connectivity index (χ2v) is 7.39. The highest BCUT2D eigenvalue weighted by atomic mass is 16.5. The van der Waals surface area contributed by atoms with Crippen molar-refractivity contribution in [2.24, 2.45) is 5.92 Å². The van der Waals surface area contributed by atoms with Crippen LogP contribution >= 0.6 is 0 Å². The van der Waals surface area contributed by atoms with Crippen molar-refractivity contribution < 1.29 is 4.74 Å². The van der Waals surface area contributed by atoms with E-state index in [2.05, 4.69) is 52.9 Å². The maximum absolute atomic E-state index is 5.29. The Morgan fingerprint density at radius 3 is 2.85 bits per heavy atom. The van der Waals surface area contributed by atoms with E-state index in [1.54, 1.807) is 7.11 Å². The summed E-state index contributed by atoms with van der Waals surface area (Å²) in [5, 5.41) is 12.4. The maximum Gasteiger partial charge on any atom is 0.119 e. The summed E-state index contributed by atoms with van der Waals surface area (Å²) in [5.41, 5.74) is 4.27. The second-order valence-electron chi connectivity index (χ2n) is 7.39. The fourth-order valence-corrected chi connectivity index (χ4v) is 3.81. The number of anilines is 1. The van der Waals surface area contributed by atoms with Crippen LogP contribution in [-0.2, 0) is 6.54 Å². The molecule has 0 spiro atoms. The van der Waals surface area contributed by atoms with Gasteiger partial charge in [0.2, 0.25) is 0 Å². The van der Waals surface area contributed by atoms with Crippen molar-refractivity contribution in [3.63, 3.8) is 0 Å². The predicted octanol–water partition coefficient (Wildman–Crippen LogP) is 4.60. The highest BCUT2D eigenvalue weighted by Gasteiger charge is 2.23. The normalized spacial score (nSPS) is 19.2. The van der Waals surface area contributed by atoms with Gasteiger partial charge in [0.1, 0.15) is 11.4 Å². The molecule has 1 fully saturated rings. The number of hydrogen-bond acceptors (Lipinski definition) is 4. The molecule has 1 aliphatic carbocycles. The number of nitrogens with zero attached hydrogens (tertiary/aromatic N) is 3. The van der Waals surface area contributed by atoms with Crippen LogP contribution < -0.4 is 10.1 Å². The first-order valence-corrected chi connectivity index (χ1v) is 9.61. The van der Waals surface area contributed by atoms with Crippen molar-refractivity contribution in [3.05, 3.63) is 60.3 Å². The van der Waals surface area contributed by atoms with E-state index in [0.29, 0.717) is 12.6 Å². The van der Waals surface area contributed by atoms with Gasteiger partial charge in [0, 0.05) is 17.3 Å². The molecule has 140 valence electrons. The lowest BCUT2D eigenvalue weighted by atomic mass is 10.1. The summed E-state index contributed by atoms with van der Waals surface area (Å²) >= 11 is 0. The van der Waals surface area contributed by atoms with E-state index in [0.717, 1.165) is 34.2 Å². The molecule has 0 bridgehead atoms. The summed E-state index contributed by atoms with van der Waals surface area (Å²) in [6, 6.07) is 17.1. The van der Waals surface area contributed by atoms with E-state index in [1.807, 2.05) is 29.1 Å². The number of ether oxygens (including phenoxy) is 1. The van der Waals surface area contributed by atoms with Crippen molar-refractivity contribution in [2.45, 2.75) is 38.8 Å². The van der Waals surface area contributed by atoms with Crippen LogP contribution in [0.5, 0.6) is 5.75 Å². The molecule has 2 aromatic carbocycles. The smallest absolute Gasteiger partial charge is 0.119 e. The Morgan fingerprint density at radius 2 is 2.04 bits per heavy atom. The van der Waals surface area contributed by atoms with E-state index in [-0.39, 0.29) is 0 Å². The van der Waals surface area contributed by atoms with Crippen LogP contribution in [0.4, 0.5) is 5.69 Å². The van der Waals surface area contributed by atoms with Gasteiger partial charge in [0.25, 0.3) is 0 Å². The largest absolute Gasteiger partial charge is 0.497 e. The quantitative estimate of drug-likeness (QED) is 0.696. The summed E-state index contributed by atoms with van der Waals surface area (Å²) < 4.78 is 7.15. The topological polar surface area (TPSA) is 52.0 Å². The molecule has 27 heavy (non-hydrogen) atoms. The summed E-state index contributed by atoms with van der Waals surface area (Å²) in [4.78, 5) is 0. The zero-order valence-electron chi connectivity index (χ0n) is 15.9. The van der Waals surface area contributed by atoms with E-state index in [1.165, 1.54) is 19.3 Å². The minimum Gasteiger partial charge on any atom is -0.497 e. The van der Waals surface area contributed by atoms with E-state index >= 15 is 0 Å². The average molecular weight is 362 g/mol. The Hall–Kier alpha value is -2.82. The van der Waals surface area contributed by atoms with Crippen LogP contribution in [0.1, 0.15) is 31.7 Å². The van der Waals surface area contributed by atoms with Crippen LogP contribution in [-0.4, -0.2) is 28.1 Å². The lowest BCUT2D eigenvalue weighted by Gasteiger charge is -2.19. The van der Waals surface area contributed by atoms with Crippen LogP contribution in [0.2, 0.25) is 0 Å². The van der Waals surface area contributed by atoms with Crippen LogP contribution in [0, 0.1) is 5.92 Å². The molecule has 1 N–H and O–H groups in total. The van der Waals surface area contributed by atoms with Crippen molar-refractivity contribution in [3.8, 4) is 17.0 Å². The molecule has 1 aliphatic rings. The van der Waals surface area contributed by atoms with Gasteiger partial charge in [-0.15, -0.1) is 5.10 Å². The number of aromatic nitrogens is 3. The number of hydrogen-bond donors (Lipinski definition) is 1. The molecule has 0 amide bonds. The zero-order valence-corrected chi connectivity index (χ0v) is 15.9. The van der Waals surface area contributed by atoms with Crippen molar-refractivity contribution in [2.75, 3.05) is 12.4 Å². The van der Waals surface area contributed by atoms with Gasteiger partial charge < -0.3 is 10.1 Å². The van der Waals surface area contributed by atoms with Crippen molar-refractivity contribution >= 4 is 5.69 Å². The minimum atomic E-state index is 0.573. The third-order valence-corrected chi connectivity index (χ3v) is 5.39. The van der Waals surface area contributed by atoms with Crippen LogP contribution in [0.15, 0.2) is 54.7 Å².